The number of carbonyl (C=O) groups excluding carboxylic acids is 1. The summed E-state index contributed by atoms with van der Waals surface area (Å²) < 4.78 is 15.7. The summed E-state index contributed by atoms with van der Waals surface area (Å²) in [5.41, 5.74) is 2.51. The zero-order valence-corrected chi connectivity index (χ0v) is 13.4. The van der Waals surface area contributed by atoms with Crippen LogP contribution in [-0.4, -0.2) is 23.2 Å². The van der Waals surface area contributed by atoms with Crippen molar-refractivity contribution in [2.24, 2.45) is 0 Å². The lowest BCUT2D eigenvalue weighted by molar-refractivity contribution is 0.0466. The Hall–Kier alpha value is -3.41. The maximum absolute atomic E-state index is 12.3. The molecule has 2 aromatic rings. The van der Waals surface area contributed by atoms with Crippen LogP contribution >= 0.6 is 0 Å². The number of hydrogen-bond acceptors (Lipinski definition) is 6. The van der Waals surface area contributed by atoms with Crippen LogP contribution in [0.2, 0.25) is 0 Å². The van der Waals surface area contributed by atoms with Crippen LogP contribution in [0.25, 0.3) is 22.4 Å². The molecule has 0 bridgehead atoms. The summed E-state index contributed by atoms with van der Waals surface area (Å²) in [7, 11) is 1.60. The Kier molecular flexibility index (Phi) is 3.78. The van der Waals surface area contributed by atoms with Crippen molar-refractivity contribution < 1.29 is 18.8 Å². The Balaban J connectivity index is 1.55. The SMILES string of the molecule is COc1ccc(COC(=O)c2cc3c4ccccc4noc-3n2)cc1. The third-order valence-electron chi connectivity index (χ3n) is 3.90. The van der Waals surface area contributed by atoms with Gasteiger partial charge in [-0.25, -0.2) is 9.78 Å². The van der Waals surface area contributed by atoms with Crippen LogP contribution in [0, 0.1) is 0 Å². The number of ether oxygens (including phenoxy) is 2. The van der Waals surface area contributed by atoms with Crippen LogP contribution in [0.5, 0.6) is 5.75 Å². The fraction of sp³-hybridized carbons (Fsp3) is 0.105. The van der Waals surface area contributed by atoms with Gasteiger partial charge in [-0.05, 0) is 29.8 Å². The Bertz CT molecular complexity index is 1010. The van der Waals surface area contributed by atoms with E-state index in [2.05, 4.69) is 10.1 Å². The van der Waals surface area contributed by atoms with E-state index in [1.807, 2.05) is 48.5 Å². The standard InChI is InChI=1S/C19H14N2O4/c1-23-13-8-6-12(7-9-13)11-24-19(22)17-10-15-14-4-2-3-5-16(14)21-25-18(15)20-17/h2-10H,11H2,1H3. The summed E-state index contributed by atoms with van der Waals surface area (Å²) in [4.78, 5) is 16.5. The molecule has 0 spiro atoms. The van der Waals surface area contributed by atoms with E-state index in [0.717, 1.165) is 22.3 Å². The maximum atomic E-state index is 12.3. The van der Waals surface area contributed by atoms with Crippen molar-refractivity contribution in [2.45, 2.75) is 6.61 Å². The van der Waals surface area contributed by atoms with Crippen LogP contribution in [0.15, 0.2) is 59.1 Å². The van der Waals surface area contributed by atoms with E-state index in [-0.39, 0.29) is 12.3 Å². The van der Waals surface area contributed by atoms with Crippen molar-refractivity contribution in [2.75, 3.05) is 7.11 Å². The van der Waals surface area contributed by atoms with Gasteiger partial charge >= 0.3 is 5.97 Å². The molecule has 0 amide bonds. The average molecular weight is 334 g/mol. The van der Waals surface area contributed by atoms with Gasteiger partial charge in [-0.15, -0.1) is 0 Å². The van der Waals surface area contributed by atoms with Gasteiger partial charge < -0.3 is 14.0 Å². The van der Waals surface area contributed by atoms with Crippen molar-refractivity contribution in [3.63, 3.8) is 0 Å². The molecule has 0 unspecified atom stereocenters. The molecular weight excluding hydrogens is 320 g/mol. The number of carbonyl (C=O) groups is 1. The molecule has 0 saturated carbocycles. The molecular formula is C19H14N2O4. The van der Waals surface area contributed by atoms with Crippen LogP contribution < -0.4 is 4.74 Å². The normalized spacial score (nSPS) is 10.9. The first-order valence-electron chi connectivity index (χ1n) is 7.70. The minimum absolute atomic E-state index is 0.155. The largest absolute Gasteiger partial charge is 0.497 e. The zero-order chi connectivity index (χ0) is 17.2. The van der Waals surface area contributed by atoms with E-state index < -0.39 is 5.97 Å². The lowest BCUT2D eigenvalue weighted by Crippen LogP contribution is -2.05. The van der Waals surface area contributed by atoms with Gasteiger partial charge in [0.2, 0.25) is 0 Å². The van der Waals surface area contributed by atoms with Gasteiger partial charge in [0, 0.05) is 5.39 Å². The number of aromatic nitrogens is 2. The third kappa shape index (κ3) is 2.89. The first-order chi connectivity index (χ1) is 12.2. The van der Waals surface area contributed by atoms with Crippen molar-refractivity contribution in [1.29, 1.82) is 0 Å². The van der Waals surface area contributed by atoms with E-state index in [4.69, 9.17) is 14.0 Å². The molecule has 2 aliphatic heterocycles. The first-order valence-corrected chi connectivity index (χ1v) is 7.70. The highest BCUT2D eigenvalue weighted by Crippen LogP contribution is 2.30. The second-order valence-electron chi connectivity index (χ2n) is 5.48. The van der Waals surface area contributed by atoms with Crippen molar-refractivity contribution in [3.8, 4) is 17.2 Å². The topological polar surface area (TPSA) is 74.5 Å². The van der Waals surface area contributed by atoms with Gasteiger partial charge in [0.1, 0.15) is 17.9 Å². The van der Waals surface area contributed by atoms with Crippen LogP contribution in [0.3, 0.4) is 0 Å². The van der Waals surface area contributed by atoms with Crippen LogP contribution in [0.1, 0.15) is 16.1 Å². The monoisotopic (exact) mass is 334 g/mol. The zero-order valence-electron chi connectivity index (χ0n) is 13.4. The summed E-state index contributed by atoms with van der Waals surface area (Å²) in [5, 5.41) is 4.87. The minimum Gasteiger partial charge on any atom is -0.497 e. The van der Waals surface area contributed by atoms with Crippen LogP contribution in [0.4, 0.5) is 0 Å². The molecule has 0 saturated heterocycles. The van der Waals surface area contributed by atoms with Gasteiger partial charge in [-0.1, -0.05) is 35.5 Å². The van der Waals surface area contributed by atoms with Gasteiger partial charge in [0.25, 0.3) is 5.89 Å². The Morgan fingerprint density at radius 2 is 1.92 bits per heavy atom. The van der Waals surface area contributed by atoms with E-state index in [1.165, 1.54) is 0 Å². The highest BCUT2D eigenvalue weighted by molar-refractivity contribution is 5.97. The van der Waals surface area contributed by atoms with Gasteiger partial charge in [-0.2, -0.15) is 0 Å². The molecule has 4 rings (SSSR count). The summed E-state index contributed by atoms with van der Waals surface area (Å²) in [6.07, 6.45) is 0. The fourth-order valence-electron chi connectivity index (χ4n) is 2.59. The molecule has 6 heteroatoms. The molecule has 0 atom stereocenters. The first kappa shape index (κ1) is 15.1. The fourth-order valence-corrected chi connectivity index (χ4v) is 2.59. The number of benzene rings is 2. The Labute approximate surface area is 143 Å². The summed E-state index contributed by atoms with van der Waals surface area (Å²) in [5.74, 6) is 0.557. The lowest BCUT2D eigenvalue weighted by atomic mass is 10.1. The van der Waals surface area contributed by atoms with E-state index in [1.54, 1.807) is 13.2 Å². The quantitative estimate of drug-likeness (QED) is 0.530. The molecule has 124 valence electrons. The van der Waals surface area contributed by atoms with Crippen molar-refractivity contribution >= 4 is 16.9 Å². The Morgan fingerprint density at radius 3 is 2.72 bits per heavy atom. The molecule has 2 aromatic carbocycles. The lowest BCUT2D eigenvalue weighted by Gasteiger charge is -2.04. The smallest absolute Gasteiger partial charge is 0.357 e. The third-order valence-corrected chi connectivity index (χ3v) is 3.90. The van der Waals surface area contributed by atoms with Gasteiger partial charge in [0.15, 0.2) is 5.69 Å². The maximum Gasteiger partial charge on any atom is 0.357 e. The molecule has 25 heavy (non-hydrogen) atoms. The summed E-state index contributed by atoms with van der Waals surface area (Å²) in [6.45, 7) is 0.155. The molecule has 0 radical (unpaired) electrons. The predicted molar refractivity (Wildman–Crippen MR) is 90.5 cm³/mol. The molecule has 0 N–H and O–H groups in total. The van der Waals surface area contributed by atoms with Gasteiger partial charge in [0.05, 0.1) is 12.7 Å². The molecule has 0 aromatic heterocycles. The number of fused-ring (bicyclic) bond motifs is 3. The number of esters is 1. The van der Waals surface area contributed by atoms with Crippen molar-refractivity contribution in [3.05, 3.63) is 65.9 Å². The number of hydrogen-bond donors (Lipinski definition) is 0. The number of methoxy groups -OCH3 is 1. The second-order valence-corrected chi connectivity index (χ2v) is 5.48. The number of nitrogens with zero attached hydrogens (tertiary/aromatic N) is 2. The van der Waals surface area contributed by atoms with Crippen molar-refractivity contribution in [1.82, 2.24) is 10.1 Å². The molecule has 2 heterocycles. The Morgan fingerprint density at radius 1 is 1.12 bits per heavy atom. The summed E-state index contributed by atoms with van der Waals surface area (Å²) in [6, 6.07) is 16.5. The van der Waals surface area contributed by atoms with E-state index in [9.17, 15) is 4.79 Å². The highest BCUT2D eigenvalue weighted by Gasteiger charge is 2.20. The summed E-state index contributed by atoms with van der Waals surface area (Å²) >= 11 is 0. The minimum atomic E-state index is -0.508. The van der Waals surface area contributed by atoms with Crippen LogP contribution in [-0.2, 0) is 11.3 Å². The predicted octanol–water partition coefficient (Wildman–Crippen LogP) is 3.69. The molecule has 2 aliphatic rings. The second kappa shape index (κ2) is 6.24. The highest BCUT2D eigenvalue weighted by atomic mass is 16.5. The molecule has 0 aliphatic carbocycles. The average Bonchev–Trinajstić information content (AvgIpc) is 3.11. The van der Waals surface area contributed by atoms with Gasteiger partial charge in [-0.3, -0.25) is 0 Å². The number of rotatable bonds is 4. The molecule has 6 nitrogen and oxygen atoms in total. The van der Waals surface area contributed by atoms with E-state index >= 15 is 0 Å². The molecule has 0 fully saturated rings. The van der Waals surface area contributed by atoms with E-state index in [0.29, 0.717) is 11.4 Å².